The van der Waals surface area contributed by atoms with Crippen LogP contribution in [0.1, 0.15) is 25.8 Å². The predicted molar refractivity (Wildman–Crippen MR) is 75.4 cm³/mol. The molecule has 1 aromatic carbocycles. The molecule has 1 atom stereocenters. The normalized spacial score (nSPS) is 13.7. The summed E-state index contributed by atoms with van der Waals surface area (Å²) in [6.07, 6.45) is 0.722. The molecule has 0 bridgehead atoms. The van der Waals surface area contributed by atoms with E-state index in [1.54, 1.807) is 31.2 Å². The second kappa shape index (κ2) is 5.82. The number of hydrogen-bond donors (Lipinski definition) is 3. The summed E-state index contributed by atoms with van der Waals surface area (Å²) in [6, 6.07) is 6.74. The first-order valence-corrected chi connectivity index (χ1v) is 6.17. The Hall–Kier alpha value is -1.62. The molecule has 0 aliphatic rings. The van der Waals surface area contributed by atoms with E-state index in [0.717, 1.165) is 0 Å². The molecule has 1 aromatic rings. The number of thiocarbonyl (C=S) groups is 1. The second-order valence-electron chi connectivity index (χ2n) is 4.40. The van der Waals surface area contributed by atoms with Crippen molar-refractivity contribution in [3.8, 4) is 5.75 Å². The quantitative estimate of drug-likeness (QED) is 0.706. The van der Waals surface area contributed by atoms with Crippen LogP contribution in [0.25, 0.3) is 0 Å². The predicted octanol–water partition coefficient (Wildman–Crippen LogP) is 1.51. The fourth-order valence-electron chi connectivity index (χ4n) is 1.51. The summed E-state index contributed by atoms with van der Waals surface area (Å²) < 4.78 is 0. The SMILES string of the molecule is CCC(C)(NC(=O)Cc1ccccc1O)C(N)=S. The monoisotopic (exact) mass is 266 g/mol. The number of nitrogens with two attached hydrogens (primary N) is 1. The number of carbonyl (C=O) groups excluding carboxylic acids is 1. The van der Waals surface area contributed by atoms with E-state index in [9.17, 15) is 9.90 Å². The van der Waals surface area contributed by atoms with Crippen molar-refractivity contribution < 1.29 is 9.90 Å². The molecule has 0 aliphatic heterocycles. The first-order valence-electron chi connectivity index (χ1n) is 5.77. The highest BCUT2D eigenvalue weighted by molar-refractivity contribution is 7.80. The molecule has 1 rings (SSSR count). The smallest absolute Gasteiger partial charge is 0.225 e. The molecule has 4 nitrogen and oxygen atoms in total. The Labute approximate surface area is 112 Å². The molecule has 0 saturated carbocycles. The number of nitrogens with one attached hydrogen (secondary N) is 1. The Bertz CT molecular complexity index is 462. The van der Waals surface area contributed by atoms with E-state index in [1.807, 2.05) is 6.92 Å². The summed E-state index contributed by atoms with van der Waals surface area (Å²) in [5.74, 6) is -0.102. The van der Waals surface area contributed by atoms with Gasteiger partial charge in [0.1, 0.15) is 5.75 Å². The number of carbonyl (C=O) groups is 1. The van der Waals surface area contributed by atoms with Gasteiger partial charge in [-0.05, 0) is 19.4 Å². The summed E-state index contributed by atoms with van der Waals surface area (Å²) >= 11 is 4.95. The molecule has 0 saturated heterocycles. The number of phenolic OH excluding ortho intramolecular Hbond substituents is 1. The molecule has 0 aliphatic carbocycles. The number of amides is 1. The molecule has 1 amide bonds. The van der Waals surface area contributed by atoms with Gasteiger partial charge in [-0.15, -0.1) is 0 Å². The molecular formula is C13H18N2O2S. The fraction of sp³-hybridized carbons (Fsp3) is 0.385. The van der Waals surface area contributed by atoms with Crippen molar-refractivity contribution in [3.63, 3.8) is 0 Å². The number of benzene rings is 1. The fourth-order valence-corrected chi connectivity index (χ4v) is 1.70. The molecule has 0 aromatic heterocycles. The van der Waals surface area contributed by atoms with E-state index in [1.165, 1.54) is 0 Å². The maximum Gasteiger partial charge on any atom is 0.225 e. The zero-order valence-electron chi connectivity index (χ0n) is 10.6. The Balaban J connectivity index is 2.73. The lowest BCUT2D eigenvalue weighted by Crippen LogP contribution is -2.54. The van der Waals surface area contributed by atoms with Gasteiger partial charge in [0.25, 0.3) is 0 Å². The molecule has 18 heavy (non-hydrogen) atoms. The van der Waals surface area contributed by atoms with Gasteiger partial charge in [-0.3, -0.25) is 4.79 Å². The highest BCUT2D eigenvalue weighted by atomic mass is 32.1. The lowest BCUT2D eigenvalue weighted by atomic mass is 9.98. The van der Waals surface area contributed by atoms with Crippen LogP contribution >= 0.6 is 12.2 Å². The van der Waals surface area contributed by atoms with Gasteiger partial charge < -0.3 is 16.2 Å². The van der Waals surface area contributed by atoms with Crippen LogP contribution in [-0.4, -0.2) is 21.5 Å². The average Bonchev–Trinajstić information content (AvgIpc) is 2.31. The van der Waals surface area contributed by atoms with Crippen LogP contribution in [0.5, 0.6) is 5.75 Å². The summed E-state index contributed by atoms with van der Waals surface area (Å²) in [5, 5.41) is 12.4. The first kappa shape index (κ1) is 14.4. The summed E-state index contributed by atoms with van der Waals surface area (Å²) in [4.78, 5) is 12.2. The van der Waals surface area contributed by atoms with Gasteiger partial charge in [-0.1, -0.05) is 37.3 Å². The Morgan fingerprint density at radius 2 is 2.11 bits per heavy atom. The lowest BCUT2D eigenvalue weighted by Gasteiger charge is -2.28. The van der Waals surface area contributed by atoms with Crippen molar-refractivity contribution in [2.45, 2.75) is 32.2 Å². The van der Waals surface area contributed by atoms with Gasteiger partial charge in [0, 0.05) is 5.56 Å². The van der Waals surface area contributed by atoms with E-state index in [0.29, 0.717) is 12.0 Å². The van der Waals surface area contributed by atoms with E-state index < -0.39 is 5.54 Å². The first-order chi connectivity index (χ1) is 8.39. The zero-order valence-corrected chi connectivity index (χ0v) is 11.4. The van der Waals surface area contributed by atoms with Crippen molar-refractivity contribution in [3.05, 3.63) is 29.8 Å². The number of hydrogen-bond acceptors (Lipinski definition) is 3. The Morgan fingerprint density at radius 3 is 2.61 bits per heavy atom. The molecule has 98 valence electrons. The zero-order chi connectivity index (χ0) is 13.8. The molecule has 0 heterocycles. The minimum absolute atomic E-state index is 0.102. The third-order valence-electron chi connectivity index (χ3n) is 3.01. The van der Waals surface area contributed by atoms with E-state index in [4.69, 9.17) is 18.0 Å². The maximum absolute atomic E-state index is 11.9. The molecule has 5 heteroatoms. The van der Waals surface area contributed by atoms with Gasteiger partial charge in [-0.25, -0.2) is 0 Å². The maximum atomic E-state index is 11.9. The summed E-state index contributed by atoms with van der Waals surface area (Å²) in [6.45, 7) is 3.69. The van der Waals surface area contributed by atoms with Crippen LogP contribution in [0.3, 0.4) is 0 Å². The van der Waals surface area contributed by atoms with Crippen molar-refractivity contribution in [2.75, 3.05) is 0 Å². The van der Waals surface area contributed by atoms with Crippen LogP contribution in [0, 0.1) is 0 Å². The third kappa shape index (κ3) is 3.43. The molecule has 4 N–H and O–H groups in total. The minimum atomic E-state index is -0.684. The largest absolute Gasteiger partial charge is 0.508 e. The van der Waals surface area contributed by atoms with Gasteiger partial charge in [0.2, 0.25) is 5.91 Å². The van der Waals surface area contributed by atoms with E-state index >= 15 is 0 Å². The van der Waals surface area contributed by atoms with Gasteiger partial charge in [-0.2, -0.15) is 0 Å². The van der Waals surface area contributed by atoms with Gasteiger partial charge in [0.05, 0.1) is 16.9 Å². The van der Waals surface area contributed by atoms with Crippen molar-refractivity contribution in [2.24, 2.45) is 5.73 Å². The second-order valence-corrected chi connectivity index (χ2v) is 4.84. The molecule has 0 radical (unpaired) electrons. The van der Waals surface area contributed by atoms with Gasteiger partial charge >= 0.3 is 0 Å². The average molecular weight is 266 g/mol. The van der Waals surface area contributed by atoms with Crippen molar-refractivity contribution in [1.29, 1.82) is 0 Å². The van der Waals surface area contributed by atoms with Gasteiger partial charge in [0.15, 0.2) is 0 Å². The molecule has 0 spiro atoms. The highest BCUT2D eigenvalue weighted by Crippen LogP contribution is 2.17. The third-order valence-corrected chi connectivity index (χ3v) is 3.46. The summed E-state index contributed by atoms with van der Waals surface area (Å²) in [7, 11) is 0. The van der Waals surface area contributed by atoms with Crippen LogP contribution < -0.4 is 11.1 Å². The number of rotatable bonds is 5. The lowest BCUT2D eigenvalue weighted by molar-refractivity contribution is -0.121. The topological polar surface area (TPSA) is 75.3 Å². The molecule has 0 fully saturated rings. The number of aromatic hydroxyl groups is 1. The standard InChI is InChI=1S/C13H18N2O2S/c1-3-13(2,12(14)18)15-11(17)8-9-6-4-5-7-10(9)16/h4-7,16H,3,8H2,1-2H3,(H2,14,18)(H,15,17). The summed E-state index contributed by atoms with van der Waals surface area (Å²) in [5.41, 5.74) is 5.52. The Morgan fingerprint density at radius 1 is 1.50 bits per heavy atom. The van der Waals surface area contributed by atoms with Crippen molar-refractivity contribution >= 4 is 23.1 Å². The van der Waals surface area contributed by atoms with Crippen LogP contribution in [0.4, 0.5) is 0 Å². The molecular weight excluding hydrogens is 248 g/mol. The van der Waals surface area contributed by atoms with Crippen LogP contribution in [0.15, 0.2) is 24.3 Å². The van der Waals surface area contributed by atoms with Crippen molar-refractivity contribution in [1.82, 2.24) is 5.32 Å². The van der Waals surface area contributed by atoms with Crippen LogP contribution in [0.2, 0.25) is 0 Å². The minimum Gasteiger partial charge on any atom is -0.508 e. The van der Waals surface area contributed by atoms with Crippen LogP contribution in [-0.2, 0) is 11.2 Å². The highest BCUT2D eigenvalue weighted by Gasteiger charge is 2.27. The van der Waals surface area contributed by atoms with E-state index in [-0.39, 0.29) is 23.1 Å². The number of para-hydroxylation sites is 1. The number of phenols is 1. The Kier molecular flexibility index (Phi) is 4.67. The molecule has 1 unspecified atom stereocenters. The van der Waals surface area contributed by atoms with E-state index in [2.05, 4.69) is 5.32 Å².